The molecule has 28 heavy (non-hydrogen) atoms. The zero-order chi connectivity index (χ0) is 20.3. The van der Waals surface area contributed by atoms with Gasteiger partial charge in [0.1, 0.15) is 17.8 Å². The predicted molar refractivity (Wildman–Crippen MR) is 102 cm³/mol. The van der Waals surface area contributed by atoms with Crippen molar-refractivity contribution in [2.75, 3.05) is 16.4 Å². The minimum atomic E-state index is -4.74. The van der Waals surface area contributed by atoms with E-state index in [1.54, 1.807) is 6.07 Å². The highest BCUT2D eigenvalue weighted by Gasteiger charge is 2.30. The lowest BCUT2D eigenvalue weighted by Crippen LogP contribution is -2.17. The molecule has 3 rings (SSSR count). The number of ether oxygens (including phenoxy) is 1. The zero-order valence-corrected chi connectivity index (χ0v) is 15.3. The number of nitrogens with zero attached hydrogens (tertiary/aromatic N) is 2. The Bertz CT molecular complexity index is 980. The average Bonchev–Trinajstić information content (AvgIpc) is 2.62. The van der Waals surface area contributed by atoms with Crippen molar-refractivity contribution in [3.63, 3.8) is 0 Å². The van der Waals surface area contributed by atoms with E-state index in [0.717, 1.165) is 5.56 Å². The molecule has 146 valence electrons. The van der Waals surface area contributed by atoms with Crippen LogP contribution in [0.2, 0.25) is 5.02 Å². The maximum atomic E-state index is 12.2. The van der Waals surface area contributed by atoms with E-state index >= 15 is 0 Å². The number of alkyl halides is 3. The molecule has 1 heterocycles. The third kappa shape index (κ3) is 4.95. The van der Waals surface area contributed by atoms with E-state index in [0.29, 0.717) is 28.0 Å². The van der Waals surface area contributed by atoms with Gasteiger partial charge in [-0.15, -0.1) is 13.2 Å². The summed E-state index contributed by atoms with van der Waals surface area (Å²) in [6.45, 7) is 1.89. The number of hydrogen-bond donors (Lipinski definition) is 3. The van der Waals surface area contributed by atoms with Crippen LogP contribution in [0.5, 0.6) is 5.75 Å². The number of nitrogens with two attached hydrogens (primary N) is 1. The Morgan fingerprint density at radius 1 is 0.964 bits per heavy atom. The molecule has 0 saturated carbocycles. The Morgan fingerprint density at radius 2 is 1.54 bits per heavy atom. The van der Waals surface area contributed by atoms with Crippen molar-refractivity contribution < 1.29 is 17.9 Å². The Morgan fingerprint density at radius 3 is 2.11 bits per heavy atom. The van der Waals surface area contributed by atoms with Crippen molar-refractivity contribution in [2.24, 2.45) is 0 Å². The third-order valence-corrected chi connectivity index (χ3v) is 4.08. The van der Waals surface area contributed by atoms with Crippen LogP contribution >= 0.6 is 11.6 Å². The van der Waals surface area contributed by atoms with E-state index < -0.39 is 6.36 Å². The molecule has 0 radical (unpaired) electrons. The van der Waals surface area contributed by atoms with Gasteiger partial charge in [0.15, 0.2) is 11.6 Å². The molecule has 0 amide bonds. The van der Waals surface area contributed by atoms with Gasteiger partial charge in [-0.1, -0.05) is 17.7 Å². The quantitative estimate of drug-likeness (QED) is 0.522. The molecule has 0 saturated heterocycles. The molecule has 2 aromatic carbocycles. The van der Waals surface area contributed by atoms with Crippen LogP contribution in [0.25, 0.3) is 0 Å². The molecule has 0 atom stereocenters. The Labute approximate surface area is 163 Å². The molecule has 0 unspecified atom stereocenters. The molecular weight excluding hydrogens is 395 g/mol. The molecule has 0 aliphatic carbocycles. The van der Waals surface area contributed by atoms with Gasteiger partial charge in [-0.2, -0.15) is 0 Å². The SMILES string of the molecule is Cc1ccc(Nc2ncnc(Nc3ccc(OC(F)(F)F)cc3)c2N)cc1Cl. The van der Waals surface area contributed by atoms with E-state index in [2.05, 4.69) is 25.3 Å². The first-order valence-electron chi connectivity index (χ1n) is 7.98. The molecule has 6 nitrogen and oxygen atoms in total. The van der Waals surface area contributed by atoms with Crippen molar-refractivity contribution in [3.8, 4) is 5.75 Å². The smallest absolute Gasteiger partial charge is 0.406 e. The highest BCUT2D eigenvalue weighted by Crippen LogP contribution is 2.30. The van der Waals surface area contributed by atoms with E-state index in [-0.39, 0.29) is 11.4 Å². The fourth-order valence-corrected chi connectivity index (χ4v) is 2.46. The van der Waals surface area contributed by atoms with Gasteiger partial charge >= 0.3 is 6.36 Å². The maximum Gasteiger partial charge on any atom is 0.573 e. The zero-order valence-electron chi connectivity index (χ0n) is 14.5. The summed E-state index contributed by atoms with van der Waals surface area (Å²) in [5.74, 6) is 0.321. The number of halogens is 4. The van der Waals surface area contributed by atoms with Crippen LogP contribution in [0.3, 0.4) is 0 Å². The van der Waals surface area contributed by atoms with Gasteiger partial charge in [0, 0.05) is 16.4 Å². The topological polar surface area (TPSA) is 85.1 Å². The summed E-state index contributed by atoms with van der Waals surface area (Å²) in [7, 11) is 0. The van der Waals surface area contributed by atoms with Gasteiger partial charge in [0.2, 0.25) is 0 Å². The molecule has 0 aliphatic heterocycles. The molecule has 3 aromatic rings. The number of nitrogens with one attached hydrogen (secondary N) is 2. The summed E-state index contributed by atoms with van der Waals surface area (Å²) in [6, 6.07) is 10.6. The molecule has 4 N–H and O–H groups in total. The lowest BCUT2D eigenvalue weighted by molar-refractivity contribution is -0.274. The van der Waals surface area contributed by atoms with Gasteiger partial charge in [0.25, 0.3) is 0 Å². The summed E-state index contributed by atoms with van der Waals surface area (Å²) >= 11 is 6.11. The second-order valence-electron chi connectivity index (χ2n) is 5.77. The van der Waals surface area contributed by atoms with Crippen LogP contribution in [-0.2, 0) is 0 Å². The van der Waals surface area contributed by atoms with E-state index in [4.69, 9.17) is 17.3 Å². The van der Waals surface area contributed by atoms with Gasteiger partial charge < -0.3 is 21.1 Å². The van der Waals surface area contributed by atoms with E-state index in [1.165, 1.54) is 30.6 Å². The van der Waals surface area contributed by atoms with Crippen LogP contribution in [0.1, 0.15) is 5.56 Å². The van der Waals surface area contributed by atoms with Gasteiger partial charge in [-0.25, -0.2) is 9.97 Å². The third-order valence-electron chi connectivity index (χ3n) is 3.67. The summed E-state index contributed by atoms with van der Waals surface area (Å²) in [6.07, 6.45) is -3.44. The van der Waals surface area contributed by atoms with Gasteiger partial charge in [-0.05, 0) is 48.9 Å². The standard InChI is InChI=1S/C18H15ClF3N5O/c1-10-2-3-12(8-14(10)19)27-17-15(23)16(24-9-25-17)26-11-4-6-13(7-5-11)28-18(20,21)22/h2-9H,23H2,1H3,(H2,24,25,26,27). The summed E-state index contributed by atoms with van der Waals surface area (Å²) in [5, 5.41) is 6.58. The monoisotopic (exact) mass is 409 g/mol. The van der Waals surface area contributed by atoms with Crippen LogP contribution in [-0.4, -0.2) is 16.3 Å². The van der Waals surface area contributed by atoms with Crippen molar-refractivity contribution >= 4 is 40.3 Å². The highest BCUT2D eigenvalue weighted by atomic mass is 35.5. The van der Waals surface area contributed by atoms with Gasteiger partial charge in [-0.3, -0.25) is 0 Å². The molecule has 0 fully saturated rings. The van der Waals surface area contributed by atoms with Crippen LogP contribution < -0.4 is 21.1 Å². The number of aryl methyl sites for hydroxylation is 1. The second kappa shape index (κ2) is 7.81. The first-order chi connectivity index (χ1) is 13.2. The Balaban J connectivity index is 1.76. The lowest BCUT2D eigenvalue weighted by atomic mass is 10.2. The number of rotatable bonds is 5. The lowest BCUT2D eigenvalue weighted by Gasteiger charge is -2.14. The summed E-state index contributed by atoms with van der Waals surface area (Å²) in [4.78, 5) is 8.17. The van der Waals surface area contributed by atoms with E-state index in [1.807, 2.05) is 19.1 Å². The van der Waals surface area contributed by atoms with Crippen LogP contribution in [0.4, 0.5) is 41.9 Å². The normalized spacial score (nSPS) is 11.2. The summed E-state index contributed by atoms with van der Waals surface area (Å²) < 4.78 is 40.5. The average molecular weight is 410 g/mol. The number of aromatic nitrogens is 2. The molecular formula is C18H15ClF3N5O. The minimum absolute atomic E-state index is 0.231. The molecule has 0 bridgehead atoms. The van der Waals surface area contributed by atoms with Crippen LogP contribution in [0.15, 0.2) is 48.8 Å². The first-order valence-corrected chi connectivity index (χ1v) is 8.35. The maximum absolute atomic E-state index is 12.2. The largest absolute Gasteiger partial charge is 0.573 e. The number of benzene rings is 2. The van der Waals surface area contributed by atoms with Gasteiger partial charge in [0.05, 0.1) is 0 Å². The molecule has 0 aliphatic rings. The molecule has 10 heteroatoms. The van der Waals surface area contributed by atoms with Crippen molar-refractivity contribution in [3.05, 3.63) is 59.4 Å². The highest BCUT2D eigenvalue weighted by molar-refractivity contribution is 6.31. The van der Waals surface area contributed by atoms with Crippen molar-refractivity contribution in [1.29, 1.82) is 0 Å². The minimum Gasteiger partial charge on any atom is -0.406 e. The Kier molecular flexibility index (Phi) is 5.46. The first kappa shape index (κ1) is 19.6. The van der Waals surface area contributed by atoms with E-state index in [9.17, 15) is 13.2 Å². The molecule has 1 aromatic heterocycles. The predicted octanol–water partition coefficient (Wildman–Crippen LogP) is 5.41. The van der Waals surface area contributed by atoms with Crippen molar-refractivity contribution in [2.45, 2.75) is 13.3 Å². The van der Waals surface area contributed by atoms with Crippen LogP contribution in [0, 0.1) is 6.92 Å². The molecule has 0 spiro atoms. The second-order valence-corrected chi connectivity index (χ2v) is 6.18. The fraction of sp³-hybridized carbons (Fsp3) is 0.111. The van der Waals surface area contributed by atoms with Crippen molar-refractivity contribution in [1.82, 2.24) is 9.97 Å². The fourth-order valence-electron chi connectivity index (χ4n) is 2.28. The number of anilines is 5. The number of hydrogen-bond acceptors (Lipinski definition) is 6. The summed E-state index contributed by atoms with van der Waals surface area (Å²) in [5.41, 5.74) is 8.44. The Hall–Kier alpha value is -3.20. The number of nitrogen functional groups attached to an aromatic ring is 1.